The van der Waals surface area contributed by atoms with Crippen LogP contribution in [0.4, 0.5) is 61.0 Å². The van der Waals surface area contributed by atoms with E-state index in [1.165, 1.54) is 133 Å². The fraction of sp³-hybridized carbons (Fsp3) is 0.380. The molecule has 0 atom stereocenters. The van der Waals surface area contributed by atoms with Crippen molar-refractivity contribution in [3.63, 3.8) is 0 Å². The molecule has 0 saturated heterocycles. The summed E-state index contributed by atoms with van der Waals surface area (Å²) in [5.74, 6) is 0.774. The summed E-state index contributed by atoms with van der Waals surface area (Å²) in [7, 11) is 1.69. The molecule has 27 heteroatoms. The van der Waals surface area contributed by atoms with Crippen LogP contribution in [0.15, 0.2) is 332 Å². The first-order valence-corrected chi connectivity index (χ1v) is 59.5. The van der Waals surface area contributed by atoms with Gasteiger partial charge in [0.25, 0.3) is 0 Å². The van der Waals surface area contributed by atoms with Gasteiger partial charge in [-0.3, -0.25) is 0 Å². The molecule has 0 fully saturated rings. The van der Waals surface area contributed by atoms with Crippen LogP contribution in [-0.4, -0.2) is 70.1 Å². The third-order valence-corrected chi connectivity index (χ3v) is 31.1. The van der Waals surface area contributed by atoms with E-state index in [9.17, 15) is 43.9 Å². The lowest BCUT2D eigenvalue weighted by Crippen LogP contribution is -2.07. The van der Waals surface area contributed by atoms with Crippen LogP contribution in [0.5, 0.6) is 5.75 Å². The van der Waals surface area contributed by atoms with E-state index >= 15 is 0 Å². The van der Waals surface area contributed by atoms with Crippen molar-refractivity contribution in [2.75, 3.05) is 7.11 Å². The van der Waals surface area contributed by atoms with Crippen LogP contribution in [0.25, 0.3) is 14.5 Å². The number of nitrogens with zero attached hydrogens (tertiary/aromatic N) is 3. The third kappa shape index (κ3) is 65.3. The van der Waals surface area contributed by atoms with Gasteiger partial charge in [-0.05, 0) is 179 Å². The Morgan fingerprint density at radius 3 is 1.05 bits per heavy atom. The molecule has 804 valence electrons. The molecule has 0 spiro atoms. The van der Waals surface area contributed by atoms with Gasteiger partial charge in [0.15, 0.2) is 17.1 Å². The Morgan fingerprint density at radius 1 is 0.257 bits per heavy atom. The van der Waals surface area contributed by atoms with Crippen LogP contribution < -0.4 is 4.74 Å². The normalized spacial score (nSPS) is 10.9. The van der Waals surface area contributed by atoms with Crippen molar-refractivity contribution in [2.24, 2.45) is 0 Å². The Balaban J connectivity index is 0.000000809. The van der Waals surface area contributed by atoms with Gasteiger partial charge in [0, 0.05) is 122 Å². The maximum atomic E-state index is 12.7. The number of ether oxygens (including phenoxy) is 1. The Labute approximate surface area is 938 Å². The molecule has 0 heterocycles. The van der Waals surface area contributed by atoms with Gasteiger partial charge < -0.3 is 4.74 Å². The zero-order valence-electron chi connectivity index (χ0n) is 91.2. The number of rotatable bonds is 25. The highest BCUT2D eigenvalue weighted by molar-refractivity contribution is 8.02. The zero-order chi connectivity index (χ0) is 112. The van der Waals surface area contributed by atoms with Gasteiger partial charge in [0.1, 0.15) is 11.6 Å². The highest BCUT2D eigenvalue weighted by atomic mass is 35.5. The number of thioether (sulfide) groups is 12. The standard InChI is InChI=1S/C11H10F3NS.C11H13NS.2C11H16S.2C10H11F3S.C10H11NS.C10H14OS.C10H14S.C9H11ClS.C9H11FS.C9H12S/c1-7(2)16-10-5-4-8(15-3)6-9(10)11(12,13)14;1-8(2)13-10-5-6-11(12-4)9(3)7-10;1-8(2)12-11-7-9(3)5-6-10(11)4;1-8(2)12-11-9(3)6-5-7-10(11)4;1-7(2)14-9-5-3-4-8(6-9)10(11,12)13;1-7(2)14-9-6-4-3-5-8(9)10(11,12)13;1-8(2)12-10-6-4-9(11-3)5-7-10;1-8(2)12-10-6-4-5-9(7-10)11-3;1-8(2)11-10-7-5-4-6-9(10)3;1-7(2)11-9-6-4-3-5-8(9)10;1-7(2)11-9-5-3-4-8(10)6-9;1-8(2)10-9-6-4-3-5-7-9/h4-7H,1-2H3;5-8H,1-3H3;2*5-8H,1-4H3;2*3-7H,1-2H3;4-8H,1-2H3;4-8H,1-3H3;4-8H,1-3H3;2*3-7H,1-2H3;3-8H,1-2H3. The van der Waals surface area contributed by atoms with Crippen molar-refractivity contribution in [3.8, 4) is 5.75 Å². The van der Waals surface area contributed by atoms with Crippen molar-refractivity contribution in [3.05, 3.63) is 368 Å². The second-order valence-electron chi connectivity index (χ2n) is 36.1. The first-order valence-electron chi connectivity index (χ1n) is 48.6. The van der Waals surface area contributed by atoms with E-state index in [-0.39, 0.29) is 26.9 Å². The fourth-order valence-corrected chi connectivity index (χ4v) is 23.0. The Hall–Kier alpha value is -7.30. The van der Waals surface area contributed by atoms with Gasteiger partial charge >= 0.3 is 18.5 Å². The molecule has 148 heavy (non-hydrogen) atoms. The maximum Gasteiger partial charge on any atom is 0.417 e. The van der Waals surface area contributed by atoms with E-state index < -0.39 is 35.2 Å². The van der Waals surface area contributed by atoms with Gasteiger partial charge in [-0.2, -0.15) is 39.5 Å². The molecular weight excluding hydrogens is 2120 g/mol. The average Bonchev–Trinajstić information content (AvgIpc) is 0.818. The molecular formula is C121H150ClF10N3OS12. The first-order chi connectivity index (χ1) is 69.3. The highest BCUT2D eigenvalue weighted by Gasteiger charge is 2.35. The molecule has 0 N–H and O–H groups in total. The average molecular weight is 2270 g/mol. The number of benzene rings is 12. The highest BCUT2D eigenvalue weighted by Crippen LogP contribution is 2.43. The summed E-state index contributed by atoms with van der Waals surface area (Å²) in [6, 6.07) is 83.3. The van der Waals surface area contributed by atoms with Crippen molar-refractivity contribution in [2.45, 2.75) is 348 Å². The quantitative estimate of drug-likeness (QED) is 0.0309. The molecule has 0 aliphatic carbocycles. The van der Waals surface area contributed by atoms with Gasteiger partial charge in [-0.15, -0.1) is 141 Å². The van der Waals surface area contributed by atoms with Gasteiger partial charge in [0.2, 0.25) is 0 Å². The number of methoxy groups -OCH3 is 1. The Kier molecular flexibility index (Phi) is 70.7. The first kappa shape index (κ1) is 139. The predicted molar refractivity (Wildman–Crippen MR) is 643 cm³/mol. The fourth-order valence-electron chi connectivity index (χ4n) is 11.8. The molecule has 0 amide bonds. The second kappa shape index (κ2) is 75.5. The van der Waals surface area contributed by atoms with Crippen molar-refractivity contribution < 1.29 is 48.6 Å². The van der Waals surface area contributed by atoms with E-state index in [1.54, 1.807) is 54.9 Å². The smallest absolute Gasteiger partial charge is 0.417 e. The summed E-state index contributed by atoms with van der Waals surface area (Å²) >= 11 is 26.4. The molecule has 0 unspecified atom stereocenters. The van der Waals surface area contributed by atoms with E-state index in [4.69, 9.17) is 36.1 Å². The molecule has 4 nitrogen and oxygen atoms in total. The third-order valence-electron chi connectivity index (χ3n) is 17.7. The summed E-state index contributed by atoms with van der Waals surface area (Å²) in [4.78, 5) is 22.5. The lowest BCUT2D eigenvalue weighted by atomic mass is 10.2. The van der Waals surface area contributed by atoms with E-state index in [2.05, 4.69) is 277 Å². The number of alkyl halides is 9. The van der Waals surface area contributed by atoms with E-state index in [0.717, 1.165) is 56.9 Å². The minimum Gasteiger partial charge on any atom is -0.497 e. The predicted octanol–water partition coefficient (Wildman–Crippen LogP) is 45.6. The monoisotopic (exact) mass is 2270 g/mol. The molecule has 12 aromatic carbocycles. The van der Waals surface area contributed by atoms with Gasteiger partial charge in [0.05, 0.1) is 48.5 Å². The summed E-state index contributed by atoms with van der Waals surface area (Å²) in [5.41, 5.74) is 7.62. The minimum absolute atomic E-state index is 0.0143. The van der Waals surface area contributed by atoms with Crippen molar-refractivity contribution in [1.82, 2.24) is 0 Å². The summed E-state index contributed by atoms with van der Waals surface area (Å²) in [6.45, 7) is 83.8. The lowest BCUT2D eigenvalue weighted by molar-refractivity contribution is -0.140. The summed E-state index contributed by atoms with van der Waals surface area (Å²) < 4.78 is 130. The van der Waals surface area contributed by atoms with Gasteiger partial charge in [-0.1, -0.05) is 347 Å². The Bertz CT molecular complexity index is 5780. The molecule has 0 aliphatic heterocycles. The van der Waals surface area contributed by atoms with Crippen LogP contribution in [0.1, 0.15) is 216 Å². The topological polar surface area (TPSA) is 22.3 Å². The zero-order valence-corrected chi connectivity index (χ0v) is 102. The molecule has 12 aromatic rings. The number of aryl methyl sites for hydroxylation is 6. The lowest BCUT2D eigenvalue weighted by Gasteiger charge is -2.14. The molecule has 0 aliphatic rings. The van der Waals surface area contributed by atoms with Crippen molar-refractivity contribution >= 4 is 170 Å². The van der Waals surface area contributed by atoms with Crippen LogP contribution >= 0.6 is 153 Å². The van der Waals surface area contributed by atoms with Crippen LogP contribution in [0.2, 0.25) is 5.02 Å². The number of hydrogen-bond acceptors (Lipinski definition) is 13. The molecule has 0 aromatic heterocycles. The number of halogens is 11. The summed E-state index contributed by atoms with van der Waals surface area (Å²) in [5, 5.41) is 6.99. The molecule has 0 radical (unpaired) electrons. The SMILES string of the molecule is CC(C)Sc1cccc(C(F)(F)F)c1.CC(C)Sc1cccc(F)c1.CC(C)Sc1ccccc1.CC(C)Sc1ccccc1C(F)(F)F.CC(C)Sc1ccccc1Cl.COc1cccc(SC(C)C)c1.Cc1ccc(C)c(SC(C)C)c1.Cc1cccc(C)c1SC(C)C.Cc1ccccc1SC(C)C.[C-]#[N+]c1ccc(SC(C)C)c(C(F)(F)F)c1.[C-]#[N+]c1ccc(SC(C)C)cc1.[C-]#[N+]c1ccc(SC(C)C)cc1C. The molecule has 0 saturated carbocycles. The summed E-state index contributed by atoms with van der Waals surface area (Å²) in [6.07, 6.45) is -12.9. The van der Waals surface area contributed by atoms with Gasteiger partial charge in [-0.25, -0.2) is 18.9 Å². The minimum atomic E-state index is -4.40. The van der Waals surface area contributed by atoms with Crippen LogP contribution in [-0.2, 0) is 18.5 Å². The van der Waals surface area contributed by atoms with Crippen LogP contribution in [0, 0.1) is 67.1 Å². The number of hydrogen-bond donors (Lipinski definition) is 0. The molecule has 0 bridgehead atoms. The van der Waals surface area contributed by atoms with E-state index in [0.29, 0.717) is 68.0 Å². The van der Waals surface area contributed by atoms with Crippen molar-refractivity contribution in [1.29, 1.82) is 0 Å². The largest absolute Gasteiger partial charge is 0.497 e. The maximum absolute atomic E-state index is 12.7. The second-order valence-corrected chi connectivity index (χ2v) is 56.1. The van der Waals surface area contributed by atoms with E-state index in [1.807, 2.05) is 216 Å². The molecule has 12 rings (SSSR count). The van der Waals surface area contributed by atoms with Crippen LogP contribution in [0.3, 0.4) is 0 Å². The Morgan fingerprint density at radius 2 is 0.608 bits per heavy atom.